The van der Waals surface area contributed by atoms with Crippen molar-refractivity contribution in [3.63, 3.8) is 0 Å². The van der Waals surface area contributed by atoms with Gasteiger partial charge in [0.2, 0.25) is 0 Å². The summed E-state index contributed by atoms with van der Waals surface area (Å²) in [7, 11) is 1.79. The molecule has 3 rings (SSSR count). The third-order valence-corrected chi connectivity index (χ3v) is 5.10. The van der Waals surface area contributed by atoms with Crippen molar-refractivity contribution < 1.29 is 0 Å². The molecule has 2 aromatic carbocycles. The van der Waals surface area contributed by atoms with Crippen LogP contribution in [0, 0.1) is 6.92 Å². The molecule has 3 aromatic rings. The summed E-state index contributed by atoms with van der Waals surface area (Å²) in [4.78, 5) is 5.62. The van der Waals surface area contributed by atoms with Gasteiger partial charge in [0.15, 0.2) is 5.96 Å². The van der Waals surface area contributed by atoms with Crippen LogP contribution in [0.5, 0.6) is 0 Å². The van der Waals surface area contributed by atoms with Gasteiger partial charge < -0.3 is 10.6 Å². The summed E-state index contributed by atoms with van der Waals surface area (Å²) in [6, 6.07) is 16.8. The Morgan fingerprint density at radius 1 is 1.11 bits per heavy atom. The van der Waals surface area contributed by atoms with Crippen LogP contribution in [0.3, 0.4) is 0 Å². The summed E-state index contributed by atoms with van der Waals surface area (Å²) in [6.45, 7) is 3.58. The van der Waals surface area contributed by atoms with Crippen molar-refractivity contribution >= 4 is 17.7 Å². The summed E-state index contributed by atoms with van der Waals surface area (Å²) < 4.78 is 1.85. The van der Waals surface area contributed by atoms with E-state index >= 15 is 0 Å². The van der Waals surface area contributed by atoms with Crippen LogP contribution < -0.4 is 10.6 Å². The molecular weight excluding hydrogens is 354 g/mol. The maximum absolute atomic E-state index is 4.32. The molecule has 0 aliphatic heterocycles. The van der Waals surface area contributed by atoms with E-state index in [4.69, 9.17) is 0 Å². The molecule has 1 heterocycles. The zero-order valence-corrected chi connectivity index (χ0v) is 16.8. The van der Waals surface area contributed by atoms with Crippen molar-refractivity contribution in [3.8, 4) is 5.69 Å². The fourth-order valence-electron chi connectivity index (χ4n) is 2.77. The molecule has 0 atom stereocenters. The lowest BCUT2D eigenvalue weighted by atomic mass is 10.1. The number of aromatic nitrogens is 2. The molecule has 0 unspecified atom stereocenters. The highest BCUT2D eigenvalue weighted by atomic mass is 32.2. The smallest absolute Gasteiger partial charge is 0.191 e. The van der Waals surface area contributed by atoms with Crippen LogP contribution in [0.4, 0.5) is 0 Å². The molecular formula is C21H25N5S. The summed E-state index contributed by atoms with van der Waals surface area (Å²) >= 11 is 1.77. The lowest BCUT2D eigenvalue weighted by Crippen LogP contribution is -2.36. The molecule has 0 saturated heterocycles. The van der Waals surface area contributed by atoms with E-state index in [2.05, 4.69) is 76.4 Å². The highest BCUT2D eigenvalue weighted by molar-refractivity contribution is 7.98. The Bertz CT molecular complexity index is 885. The average molecular weight is 380 g/mol. The molecule has 0 spiro atoms. The summed E-state index contributed by atoms with van der Waals surface area (Å²) in [5.74, 6) is 0.791. The number of nitrogens with zero attached hydrogens (tertiary/aromatic N) is 3. The average Bonchev–Trinajstić information content (AvgIpc) is 3.24. The highest BCUT2D eigenvalue weighted by Gasteiger charge is 2.04. The third kappa shape index (κ3) is 5.14. The maximum atomic E-state index is 4.32. The van der Waals surface area contributed by atoms with Crippen LogP contribution in [0.2, 0.25) is 0 Å². The second kappa shape index (κ2) is 9.28. The van der Waals surface area contributed by atoms with Gasteiger partial charge in [-0.1, -0.05) is 24.3 Å². The minimum Gasteiger partial charge on any atom is -0.352 e. The van der Waals surface area contributed by atoms with E-state index in [0.29, 0.717) is 6.54 Å². The second-order valence-electron chi connectivity index (χ2n) is 6.21. The summed E-state index contributed by atoms with van der Waals surface area (Å²) in [5, 5.41) is 11.0. The van der Waals surface area contributed by atoms with Crippen molar-refractivity contribution in [1.82, 2.24) is 20.4 Å². The Morgan fingerprint density at radius 3 is 2.56 bits per heavy atom. The number of rotatable bonds is 6. The SMILES string of the molecule is CN=C(NCc1ccc(-n2cccn2)cc1)NCc1ccc(C)cc1SC. The van der Waals surface area contributed by atoms with E-state index in [1.54, 1.807) is 25.0 Å². The molecule has 1 aromatic heterocycles. The summed E-state index contributed by atoms with van der Waals surface area (Å²) in [5.41, 5.74) is 4.80. The van der Waals surface area contributed by atoms with E-state index in [1.807, 2.05) is 16.9 Å². The number of guanidine groups is 1. The van der Waals surface area contributed by atoms with Crippen LogP contribution >= 0.6 is 11.8 Å². The minimum absolute atomic E-state index is 0.711. The van der Waals surface area contributed by atoms with E-state index in [-0.39, 0.29) is 0 Å². The number of aliphatic imine (C=N–C) groups is 1. The van der Waals surface area contributed by atoms with Gasteiger partial charge in [0.05, 0.1) is 5.69 Å². The predicted molar refractivity (Wildman–Crippen MR) is 114 cm³/mol. The van der Waals surface area contributed by atoms with Crippen LogP contribution in [0.1, 0.15) is 16.7 Å². The standard InChI is InChI=1S/C21H25N5S/c1-16-5-8-18(20(13-16)27-3)15-24-21(22-2)23-14-17-6-9-19(10-7-17)26-12-4-11-25-26/h4-13H,14-15H2,1-3H3,(H2,22,23,24). The lowest BCUT2D eigenvalue weighted by molar-refractivity contribution is 0.800. The Balaban J connectivity index is 1.55. The van der Waals surface area contributed by atoms with Crippen molar-refractivity contribution in [2.75, 3.05) is 13.3 Å². The molecule has 0 amide bonds. The lowest BCUT2D eigenvalue weighted by Gasteiger charge is -2.14. The Labute approximate surface area is 164 Å². The Kier molecular flexibility index (Phi) is 6.54. The number of aryl methyl sites for hydroxylation is 1. The topological polar surface area (TPSA) is 54.2 Å². The van der Waals surface area contributed by atoms with Gasteiger partial charge in [-0.05, 0) is 54.1 Å². The Morgan fingerprint density at radius 2 is 1.89 bits per heavy atom. The summed E-state index contributed by atoms with van der Waals surface area (Å²) in [6.07, 6.45) is 5.83. The molecule has 0 fully saturated rings. The van der Waals surface area contributed by atoms with Crippen molar-refractivity contribution in [2.24, 2.45) is 4.99 Å². The molecule has 140 valence electrons. The van der Waals surface area contributed by atoms with Crippen molar-refractivity contribution in [1.29, 1.82) is 0 Å². The third-order valence-electron chi connectivity index (χ3n) is 4.28. The predicted octanol–water partition coefficient (Wildman–Crippen LogP) is 3.77. The van der Waals surface area contributed by atoms with Gasteiger partial charge in [-0.25, -0.2) is 4.68 Å². The maximum Gasteiger partial charge on any atom is 0.191 e. The number of benzene rings is 2. The first kappa shape index (κ1) is 19.0. The zero-order valence-electron chi connectivity index (χ0n) is 15.9. The van der Waals surface area contributed by atoms with Crippen LogP contribution in [0.15, 0.2) is 70.8 Å². The minimum atomic E-state index is 0.711. The molecule has 0 bridgehead atoms. The van der Waals surface area contributed by atoms with E-state index in [9.17, 15) is 0 Å². The molecule has 0 saturated carbocycles. The van der Waals surface area contributed by atoms with Crippen LogP contribution in [-0.2, 0) is 13.1 Å². The Hall–Kier alpha value is -2.73. The largest absolute Gasteiger partial charge is 0.352 e. The number of nitrogens with one attached hydrogen (secondary N) is 2. The molecule has 27 heavy (non-hydrogen) atoms. The number of thioether (sulfide) groups is 1. The molecule has 2 N–H and O–H groups in total. The van der Waals surface area contributed by atoms with E-state index < -0.39 is 0 Å². The second-order valence-corrected chi connectivity index (χ2v) is 7.06. The fraction of sp³-hybridized carbons (Fsp3) is 0.238. The normalized spacial score (nSPS) is 11.4. The van der Waals surface area contributed by atoms with Crippen molar-refractivity contribution in [3.05, 3.63) is 77.6 Å². The van der Waals surface area contributed by atoms with Crippen LogP contribution in [0.25, 0.3) is 5.69 Å². The molecule has 0 aliphatic rings. The van der Waals surface area contributed by atoms with Gasteiger partial charge in [-0.2, -0.15) is 5.10 Å². The van der Waals surface area contributed by atoms with E-state index in [0.717, 1.165) is 18.2 Å². The first-order valence-electron chi connectivity index (χ1n) is 8.86. The fourth-order valence-corrected chi connectivity index (χ4v) is 3.48. The number of hydrogen-bond acceptors (Lipinski definition) is 3. The monoisotopic (exact) mass is 379 g/mol. The zero-order chi connectivity index (χ0) is 19.1. The molecule has 0 radical (unpaired) electrons. The van der Waals surface area contributed by atoms with Crippen molar-refractivity contribution in [2.45, 2.75) is 24.9 Å². The van der Waals surface area contributed by atoms with Gasteiger partial charge in [0.1, 0.15) is 0 Å². The highest BCUT2D eigenvalue weighted by Crippen LogP contribution is 2.21. The molecule has 5 nitrogen and oxygen atoms in total. The van der Waals surface area contributed by atoms with E-state index in [1.165, 1.54) is 21.6 Å². The van der Waals surface area contributed by atoms with Gasteiger partial charge in [-0.15, -0.1) is 11.8 Å². The molecule has 6 heteroatoms. The van der Waals surface area contributed by atoms with Gasteiger partial charge >= 0.3 is 0 Å². The first-order chi connectivity index (χ1) is 13.2. The first-order valence-corrected chi connectivity index (χ1v) is 10.1. The number of hydrogen-bond donors (Lipinski definition) is 2. The van der Waals surface area contributed by atoms with Gasteiger partial charge in [0, 0.05) is 37.4 Å². The van der Waals surface area contributed by atoms with Gasteiger partial charge in [-0.3, -0.25) is 4.99 Å². The molecule has 0 aliphatic carbocycles. The van der Waals surface area contributed by atoms with Gasteiger partial charge in [0.25, 0.3) is 0 Å². The van der Waals surface area contributed by atoms with Crippen LogP contribution in [-0.4, -0.2) is 29.0 Å². The quantitative estimate of drug-likeness (QED) is 0.389.